The van der Waals surface area contributed by atoms with Crippen LogP contribution in [0.2, 0.25) is 0 Å². The molecule has 23 heavy (non-hydrogen) atoms. The summed E-state index contributed by atoms with van der Waals surface area (Å²) >= 11 is 0. The first-order chi connectivity index (χ1) is 11.0. The van der Waals surface area contributed by atoms with Crippen LogP contribution < -0.4 is 5.73 Å². The van der Waals surface area contributed by atoms with Gasteiger partial charge in [-0.3, -0.25) is 4.79 Å². The summed E-state index contributed by atoms with van der Waals surface area (Å²) in [5.74, 6) is -2.04. The van der Waals surface area contributed by atoms with Gasteiger partial charge in [-0.1, -0.05) is 18.2 Å². The summed E-state index contributed by atoms with van der Waals surface area (Å²) in [6.07, 6.45) is 1.51. The van der Waals surface area contributed by atoms with E-state index in [2.05, 4.69) is 0 Å². The van der Waals surface area contributed by atoms with Crippen molar-refractivity contribution in [2.24, 2.45) is 5.73 Å². The van der Waals surface area contributed by atoms with E-state index in [0.29, 0.717) is 30.6 Å². The number of allylic oxidation sites excluding steroid dienone is 2. The van der Waals surface area contributed by atoms with E-state index >= 15 is 0 Å². The molecule has 1 aromatic carbocycles. The number of esters is 1. The Morgan fingerprint density at radius 3 is 2.78 bits per heavy atom. The Morgan fingerprint density at radius 1 is 1.35 bits per heavy atom. The Labute approximate surface area is 132 Å². The van der Waals surface area contributed by atoms with Crippen LogP contribution in [0.15, 0.2) is 47.1 Å². The van der Waals surface area contributed by atoms with Crippen LogP contribution in [0.3, 0.4) is 0 Å². The molecule has 1 aliphatic carbocycles. The lowest BCUT2D eigenvalue weighted by atomic mass is 9.77. The highest BCUT2D eigenvalue weighted by molar-refractivity contribution is 6.03. The minimum atomic E-state index is -0.903. The van der Waals surface area contributed by atoms with Crippen LogP contribution in [0, 0.1) is 5.82 Å². The number of Topliss-reactive ketones (excluding diaryl/α,β-unsaturated/α-hetero) is 1. The molecule has 6 heteroatoms. The van der Waals surface area contributed by atoms with Gasteiger partial charge in [0.1, 0.15) is 17.1 Å². The van der Waals surface area contributed by atoms with Gasteiger partial charge < -0.3 is 15.2 Å². The van der Waals surface area contributed by atoms with Crippen LogP contribution in [-0.4, -0.2) is 18.9 Å². The Balaban J connectivity index is 2.23. The zero-order valence-corrected chi connectivity index (χ0v) is 12.6. The molecule has 3 rings (SSSR count). The standard InChI is InChI=1S/C17H16FNO4/c1-22-17(21)15-13(9-5-2-3-6-10(9)18)14-11(20)7-4-8-12(14)23-16(15)19/h2-3,5-6,13H,4,7-8,19H2,1H3/t13-/m0/s1. The van der Waals surface area contributed by atoms with Crippen LogP contribution in [0.1, 0.15) is 30.7 Å². The average molecular weight is 317 g/mol. The highest BCUT2D eigenvalue weighted by Gasteiger charge is 2.41. The molecule has 1 aromatic rings. The summed E-state index contributed by atoms with van der Waals surface area (Å²) in [5, 5.41) is 0. The minimum absolute atomic E-state index is 0.0356. The van der Waals surface area contributed by atoms with Gasteiger partial charge in [-0.25, -0.2) is 9.18 Å². The van der Waals surface area contributed by atoms with E-state index in [1.165, 1.54) is 19.2 Å². The molecule has 0 saturated carbocycles. The maximum Gasteiger partial charge on any atom is 0.340 e. The third kappa shape index (κ3) is 2.50. The van der Waals surface area contributed by atoms with Crippen LogP contribution >= 0.6 is 0 Å². The number of ketones is 1. The fourth-order valence-electron chi connectivity index (χ4n) is 3.09. The summed E-state index contributed by atoms with van der Waals surface area (Å²) in [6.45, 7) is 0. The number of methoxy groups -OCH3 is 1. The van der Waals surface area contributed by atoms with Gasteiger partial charge in [-0.15, -0.1) is 0 Å². The van der Waals surface area contributed by atoms with Crippen molar-refractivity contribution < 1.29 is 23.5 Å². The third-order valence-electron chi connectivity index (χ3n) is 4.11. The van der Waals surface area contributed by atoms with Crippen LogP contribution in [0.5, 0.6) is 0 Å². The lowest BCUT2D eigenvalue weighted by Crippen LogP contribution is -2.31. The van der Waals surface area contributed by atoms with Crippen molar-refractivity contribution in [2.75, 3.05) is 7.11 Å². The lowest BCUT2D eigenvalue weighted by Gasteiger charge is -2.32. The number of ether oxygens (including phenoxy) is 2. The summed E-state index contributed by atoms with van der Waals surface area (Å²) in [6, 6.07) is 6.00. The fraction of sp³-hybridized carbons (Fsp3) is 0.294. The molecule has 1 atom stereocenters. The van der Waals surface area contributed by atoms with E-state index in [1.807, 2.05) is 0 Å². The van der Waals surface area contributed by atoms with Crippen molar-refractivity contribution in [1.29, 1.82) is 0 Å². The number of hydrogen-bond donors (Lipinski definition) is 1. The van der Waals surface area contributed by atoms with Crippen LogP contribution in [-0.2, 0) is 19.1 Å². The fourth-order valence-corrected chi connectivity index (χ4v) is 3.09. The molecule has 0 radical (unpaired) electrons. The van der Waals surface area contributed by atoms with Gasteiger partial charge in [-0.05, 0) is 12.5 Å². The smallest absolute Gasteiger partial charge is 0.340 e. The molecule has 0 unspecified atom stereocenters. The molecule has 2 aliphatic rings. The van der Waals surface area contributed by atoms with Crippen LogP contribution in [0.4, 0.5) is 4.39 Å². The quantitative estimate of drug-likeness (QED) is 0.847. The second kappa shape index (κ2) is 5.87. The Bertz CT molecular complexity index is 751. The summed E-state index contributed by atoms with van der Waals surface area (Å²) in [4.78, 5) is 24.6. The lowest BCUT2D eigenvalue weighted by molar-refractivity contribution is -0.136. The van der Waals surface area contributed by atoms with E-state index in [-0.39, 0.29) is 22.8 Å². The molecule has 0 aromatic heterocycles. The second-order valence-electron chi connectivity index (χ2n) is 5.44. The Kier molecular flexibility index (Phi) is 3.90. The highest BCUT2D eigenvalue weighted by atomic mass is 19.1. The predicted molar refractivity (Wildman–Crippen MR) is 79.3 cm³/mol. The summed E-state index contributed by atoms with van der Waals surface area (Å²) < 4.78 is 24.6. The van der Waals surface area contributed by atoms with Gasteiger partial charge in [-0.2, -0.15) is 0 Å². The highest BCUT2D eigenvalue weighted by Crippen LogP contribution is 2.44. The van der Waals surface area contributed by atoms with E-state index in [9.17, 15) is 14.0 Å². The van der Waals surface area contributed by atoms with E-state index < -0.39 is 17.7 Å². The first kappa shape index (κ1) is 15.3. The molecule has 0 saturated heterocycles. The molecule has 120 valence electrons. The number of carbonyl (C=O) groups is 2. The molecule has 5 nitrogen and oxygen atoms in total. The van der Waals surface area contributed by atoms with Crippen molar-refractivity contribution in [3.05, 3.63) is 58.4 Å². The molecular weight excluding hydrogens is 301 g/mol. The van der Waals surface area contributed by atoms with Crippen molar-refractivity contribution in [1.82, 2.24) is 0 Å². The average Bonchev–Trinajstić information content (AvgIpc) is 2.54. The number of hydrogen-bond acceptors (Lipinski definition) is 5. The molecule has 0 spiro atoms. The van der Waals surface area contributed by atoms with Gasteiger partial charge in [0.05, 0.1) is 13.0 Å². The molecule has 1 aliphatic heterocycles. The second-order valence-corrected chi connectivity index (χ2v) is 5.44. The maximum absolute atomic E-state index is 14.3. The molecule has 2 N–H and O–H groups in total. The number of carbonyl (C=O) groups excluding carboxylic acids is 2. The zero-order chi connectivity index (χ0) is 16.6. The topological polar surface area (TPSA) is 78.6 Å². The number of nitrogens with two attached hydrogens (primary N) is 1. The van der Waals surface area contributed by atoms with E-state index in [4.69, 9.17) is 15.2 Å². The SMILES string of the molecule is COC(=O)C1=C(N)OC2=C(C(=O)CCC2)[C@@H]1c1ccccc1F. The Hall–Kier alpha value is -2.63. The predicted octanol–water partition coefficient (Wildman–Crippen LogP) is 2.29. The van der Waals surface area contributed by atoms with E-state index in [0.717, 1.165) is 0 Å². The van der Waals surface area contributed by atoms with Crippen molar-refractivity contribution in [3.8, 4) is 0 Å². The van der Waals surface area contributed by atoms with Gasteiger partial charge in [0.15, 0.2) is 5.78 Å². The third-order valence-corrected chi connectivity index (χ3v) is 4.11. The largest absolute Gasteiger partial charge is 0.465 e. The minimum Gasteiger partial charge on any atom is -0.465 e. The first-order valence-electron chi connectivity index (χ1n) is 7.31. The van der Waals surface area contributed by atoms with Crippen molar-refractivity contribution >= 4 is 11.8 Å². The molecular formula is C17H16FNO4. The van der Waals surface area contributed by atoms with Gasteiger partial charge in [0.2, 0.25) is 5.88 Å². The molecule has 1 heterocycles. The number of halogens is 1. The number of rotatable bonds is 2. The normalized spacial score (nSPS) is 21.0. The molecule has 0 amide bonds. The van der Waals surface area contributed by atoms with Gasteiger partial charge in [0, 0.05) is 24.0 Å². The summed E-state index contributed by atoms with van der Waals surface area (Å²) in [5.41, 5.74) is 6.35. The molecule has 0 fully saturated rings. The van der Waals surface area contributed by atoms with Gasteiger partial charge >= 0.3 is 5.97 Å². The first-order valence-corrected chi connectivity index (χ1v) is 7.31. The van der Waals surface area contributed by atoms with Crippen molar-refractivity contribution in [3.63, 3.8) is 0 Å². The maximum atomic E-state index is 14.3. The van der Waals surface area contributed by atoms with Crippen molar-refractivity contribution in [2.45, 2.75) is 25.2 Å². The Morgan fingerprint density at radius 2 is 2.09 bits per heavy atom. The number of benzene rings is 1. The van der Waals surface area contributed by atoms with Gasteiger partial charge in [0.25, 0.3) is 0 Å². The van der Waals surface area contributed by atoms with Crippen LogP contribution in [0.25, 0.3) is 0 Å². The monoisotopic (exact) mass is 317 g/mol. The summed E-state index contributed by atoms with van der Waals surface area (Å²) in [7, 11) is 1.20. The van der Waals surface area contributed by atoms with E-state index in [1.54, 1.807) is 12.1 Å². The molecule has 0 bridgehead atoms. The zero-order valence-electron chi connectivity index (χ0n) is 12.6.